The molecule has 0 radical (unpaired) electrons. The molecule has 2 aromatic rings. The fraction of sp³-hybridized carbons (Fsp3) is 0.400. The van der Waals surface area contributed by atoms with Crippen LogP contribution in [0.25, 0.3) is 11.5 Å². The lowest BCUT2D eigenvalue weighted by Gasteiger charge is -2.10. The minimum atomic E-state index is -0.305. The van der Waals surface area contributed by atoms with Crippen LogP contribution in [0.5, 0.6) is 0 Å². The third-order valence-corrected chi connectivity index (χ3v) is 3.62. The van der Waals surface area contributed by atoms with E-state index in [-0.39, 0.29) is 12.1 Å². The maximum absolute atomic E-state index is 11.8. The van der Waals surface area contributed by atoms with Crippen molar-refractivity contribution in [1.82, 2.24) is 20.8 Å². The molecule has 21 heavy (non-hydrogen) atoms. The van der Waals surface area contributed by atoms with Crippen LogP contribution in [0.1, 0.15) is 32.1 Å². The van der Waals surface area contributed by atoms with Gasteiger partial charge in [-0.1, -0.05) is 30.3 Å². The zero-order valence-electron chi connectivity index (χ0n) is 12.0. The molecule has 1 aromatic heterocycles. The van der Waals surface area contributed by atoms with E-state index in [0.29, 0.717) is 23.7 Å². The predicted octanol–water partition coefficient (Wildman–Crippen LogP) is 2.51. The number of carbonyl (C=O) groups is 1. The Labute approximate surface area is 122 Å². The number of carbonyl (C=O) groups excluding carboxylic acids is 1. The number of amides is 2. The van der Waals surface area contributed by atoms with Crippen LogP contribution in [0.2, 0.25) is 0 Å². The van der Waals surface area contributed by atoms with Crippen molar-refractivity contribution < 1.29 is 9.32 Å². The van der Waals surface area contributed by atoms with Crippen molar-refractivity contribution in [3.05, 3.63) is 36.2 Å². The molecule has 0 bridgehead atoms. The van der Waals surface area contributed by atoms with Gasteiger partial charge in [0.2, 0.25) is 0 Å². The van der Waals surface area contributed by atoms with Crippen molar-refractivity contribution in [3.63, 3.8) is 0 Å². The van der Waals surface area contributed by atoms with E-state index >= 15 is 0 Å². The highest BCUT2D eigenvalue weighted by atomic mass is 16.5. The van der Waals surface area contributed by atoms with E-state index in [1.165, 1.54) is 0 Å². The van der Waals surface area contributed by atoms with E-state index in [1.807, 2.05) is 37.3 Å². The first-order valence-corrected chi connectivity index (χ1v) is 7.09. The molecule has 1 aliphatic carbocycles. The molecule has 6 heteroatoms. The highest BCUT2D eigenvalue weighted by molar-refractivity contribution is 5.75. The summed E-state index contributed by atoms with van der Waals surface area (Å²) in [7, 11) is 0. The van der Waals surface area contributed by atoms with Crippen molar-refractivity contribution >= 4 is 6.03 Å². The molecule has 2 N–H and O–H groups in total. The second kappa shape index (κ2) is 5.55. The minimum absolute atomic E-state index is 0.192. The SMILES string of the molecule is CC(NC(=O)NC1CC1C)c1noc(-c2ccccc2)n1. The summed E-state index contributed by atoms with van der Waals surface area (Å²) in [5.41, 5.74) is 0.861. The van der Waals surface area contributed by atoms with Crippen LogP contribution in [0.15, 0.2) is 34.9 Å². The van der Waals surface area contributed by atoms with E-state index in [0.717, 1.165) is 12.0 Å². The van der Waals surface area contributed by atoms with Crippen molar-refractivity contribution in [2.45, 2.75) is 32.4 Å². The summed E-state index contributed by atoms with van der Waals surface area (Å²) in [6, 6.07) is 9.34. The minimum Gasteiger partial charge on any atom is -0.335 e. The molecule has 3 unspecified atom stereocenters. The van der Waals surface area contributed by atoms with Crippen LogP contribution >= 0.6 is 0 Å². The fourth-order valence-electron chi connectivity index (χ4n) is 2.10. The second-order valence-corrected chi connectivity index (χ2v) is 5.48. The Hall–Kier alpha value is -2.37. The average molecular weight is 286 g/mol. The molecule has 1 aromatic carbocycles. The molecule has 2 amide bonds. The van der Waals surface area contributed by atoms with Crippen molar-refractivity contribution in [3.8, 4) is 11.5 Å². The van der Waals surface area contributed by atoms with Gasteiger partial charge in [-0.15, -0.1) is 0 Å². The quantitative estimate of drug-likeness (QED) is 0.905. The number of hydrogen-bond donors (Lipinski definition) is 2. The Morgan fingerprint density at radius 2 is 2.10 bits per heavy atom. The topological polar surface area (TPSA) is 80.0 Å². The van der Waals surface area contributed by atoms with E-state index in [9.17, 15) is 4.79 Å². The van der Waals surface area contributed by atoms with Gasteiger partial charge in [0.05, 0.1) is 6.04 Å². The number of nitrogens with zero attached hydrogens (tertiary/aromatic N) is 2. The van der Waals surface area contributed by atoms with Gasteiger partial charge in [-0.2, -0.15) is 4.98 Å². The smallest absolute Gasteiger partial charge is 0.315 e. The zero-order chi connectivity index (χ0) is 14.8. The lowest BCUT2D eigenvalue weighted by molar-refractivity contribution is 0.236. The number of benzene rings is 1. The maximum Gasteiger partial charge on any atom is 0.315 e. The Morgan fingerprint density at radius 1 is 1.38 bits per heavy atom. The van der Waals surface area contributed by atoms with Crippen LogP contribution in [0.4, 0.5) is 4.79 Å². The van der Waals surface area contributed by atoms with Gasteiger partial charge in [0.1, 0.15) is 0 Å². The molecule has 0 saturated heterocycles. The molecule has 110 valence electrons. The van der Waals surface area contributed by atoms with Gasteiger partial charge in [-0.05, 0) is 31.4 Å². The Bertz CT molecular complexity index is 626. The van der Waals surface area contributed by atoms with Crippen LogP contribution < -0.4 is 10.6 Å². The Balaban J connectivity index is 1.61. The third-order valence-electron chi connectivity index (χ3n) is 3.62. The summed E-state index contributed by atoms with van der Waals surface area (Å²) in [4.78, 5) is 16.1. The van der Waals surface area contributed by atoms with Gasteiger partial charge in [0.25, 0.3) is 5.89 Å². The van der Waals surface area contributed by atoms with E-state index in [1.54, 1.807) is 0 Å². The summed E-state index contributed by atoms with van der Waals surface area (Å²) < 4.78 is 5.23. The van der Waals surface area contributed by atoms with Crippen LogP contribution in [0.3, 0.4) is 0 Å². The first-order valence-electron chi connectivity index (χ1n) is 7.09. The molecule has 6 nitrogen and oxygen atoms in total. The zero-order valence-corrected chi connectivity index (χ0v) is 12.0. The summed E-state index contributed by atoms with van der Waals surface area (Å²) in [6.07, 6.45) is 1.04. The molecule has 1 fully saturated rings. The summed E-state index contributed by atoms with van der Waals surface area (Å²) in [5, 5.41) is 9.65. The lowest BCUT2D eigenvalue weighted by Crippen LogP contribution is -2.39. The van der Waals surface area contributed by atoms with Gasteiger partial charge in [-0.25, -0.2) is 4.79 Å². The number of urea groups is 1. The first kappa shape index (κ1) is 13.6. The molecule has 0 aliphatic heterocycles. The molecular weight excluding hydrogens is 268 g/mol. The van der Waals surface area contributed by atoms with Gasteiger partial charge in [0, 0.05) is 11.6 Å². The first-order chi connectivity index (χ1) is 10.1. The van der Waals surface area contributed by atoms with Gasteiger partial charge in [-0.3, -0.25) is 0 Å². The van der Waals surface area contributed by atoms with Crippen LogP contribution in [0, 0.1) is 5.92 Å². The highest BCUT2D eigenvalue weighted by Crippen LogP contribution is 2.28. The van der Waals surface area contributed by atoms with Crippen LogP contribution in [-0.2, 0) is 0 Å². The summed E-state index contributed by atoms with van der Waals surface area (Å²) in [5.74, 6) is 1.49. The Kier molecular flexibility index (Phi) is 3.60. The number of nitrogens with one attached hydrogen (secondary N) is 2. The van der Waals surface area contributed by atoms with Gasteiger partial charge < -0.3 is 15.2 Å². The van der Waals surface area contributed by atoms with Crippen LogP contribution in [-0.4, -0.2) is 22.2 Å². The molecule has 3 atom stereocenters. The average Bonchev–Trinajstić information content (AvgIpc) is 2.98. The standard InChI is InChI=1S/C15H18N4O2/c1-9-8-12(9)17-15(20)16-10(2)13-18-14(21-19-13)11-6-4-3-5-7-11/h3-7,9-10,12H,8H2,1-2H3,(H2,16,17,20). The van der Waals surface area contributed by atoms with Crippen molar-refractivity contribution in [1.29, 1.82) is 0 Å². The monoisotopic (exact) mass is 286 g/mol. The molecule has 0 spiro atoms. The predicted molar refractivity (Wildman–Crippen MR) is 77.4 cm³/mol. The number of aromatic nitrogens is 2. The van der Waals surface area contributed by atoms with E-state index in [4.69, 9.17) is 4.52 Å². The number of rotatable bonds is 4. The highest BCUT2D eigenvalue weighted by Gasteiger charge is 2.34. The maximum atomic E-state index is 11.8. The molecule has 1 heterocycles. The second-order valence-electron chi connectivity index (χ2n) is 5.48. The van der Waals surface area contributed by atoms with Gasteiger partial charge in [0.15, 0.2) is 5.82 Å². The normalized spacial score (nSPS) is 21.6. The molecular formula is C15H18N4O2. The number of hydrogen-bond acceptors (Lipinski definition) is 4. The summed E-state index contributed by atoms with van der Waals surface area (Å²) >= 11 is 0. The van der Waals surface area contributed by atoms with E-state index < -0.39 is 0 Å². The van der Waals surface area contributed by atoms with Crippen molar-refractivity contribution in [2.24, 2.45) is 5.92 Å². The van der Waals surface area contributed by atoms with Crippen molar-refractivity contribution in [2.75, 3.05) is 0 Å². The lowest BCUT2D eigenvalue weighted by atomic mass is 10.2. The third kappa shape index (κ3) is 3.21. The van der Waals surface area contributed by atoms with Gasteiger partial charge >= 0.3 is 6.03 Å². The molecule has 3 rings (SSSR count). The fourth-order valence-corrected chi connectivity index (χ4v) is 2.10. The largest absolute Gasteiger partial charge is 0.335 e. The summed E-state index contributed by atoms with van der Waals surface area (Å²) in [6.45, 7) is 3.94. The van der Waals surface area contributed by atoms with E-state index in [2.05, 4.69) is 27.7 Å². The molecule has 1 aliphatic rings. The molecule has 1 saturated carbocycles. The Morgan fingerprint density at radius 3 is 2.76 bits per heavy atom.